The van der Waals surface area contributed by atoms with Crippen molar-refractivity contribution in [3.63, 3.8) is 0 Å². The van der Waals surface area contributed by atoms with Crippen molar-refractivity contribution >= 4 is 11.7 Å². The first-order valence-corrected chi connectivity index (χ1v) is 9.57. The Hall–Kier alpha value is -2.42. The predicted octanol–water partition coefficient (Wildman–Crippen LogP) is 5.35. The molecule has 144 valence electrons. The van der Waals surface area contributed by atoms with E-state index in [1.165, 1.54) is 0 Å². The molecule has 0 saturated carbocycles. The molecule has 2 aromatic carbocycles. The van der Waals surface area contributed by atoms with E-state index in [0.717, 1.165) is 17.5 Å². The molecule has 0 heterocycles. The molecule has 2 aromatic rings. The summed E-state index contributed by atoms with van der Waals surface area (Å²) in [5.74, 6) is -0.489. The van der Waals surface area contributed by atoms with Gasteiger partial charge in [-0.3, -0.25) is 9.59 Å². The molecule has 0 aliphatic heterocycles. The van der Waals surface area contributed by atoms with Crippen LogP contribution in [0.15, 0.2) is 54.6 Å². The van der Waals surface area contributed by atoms with Gasteiger partial charge >= 0.3 is 0 Å². The Morgan fingerprint density at radius 2 is 1.44 bits per heavy atom. The fourth-order valence-electron chi connectivity index (χ4n) is 3.05. The third-order valence-electron chi connectivity index (χ3n) is 4.95. The Labute approximate surface area is 163 Å². The van der Waals surface area contributed by atoms with Crippen LogP contribution in [-0.2, 0) is 4.79 Å². The van der Waals surface area contributed by atoms with Crippen molar-refractivity contribution in [3.05, 3.63) is 71.3 Å². The minimum absolute atomic E-state index is 0.132. The molecule has 3 nitrogen and oxygen atoms in total. The summed E-state index contributed by atoms with van der Waals surface area (Å²) in [5, 5.41) is 3.02. The first kappa shape index (κ1) is 20.9. The van der Waals surface area contributed by atoms with Crippen LogP contribution >= 0.6 is 0 Å². The summed E-state index contributed by atoms with van der Waals surface area (Å²) < 4.78 is 0. The van der Waals surface area contributed by atoms with Crippen molar-refractivity contribution in [1.82, 2.24) is 5.32 Å². The molecule has 0 bridgehead atoms. The molecule has 27 heavy (non-hydrogen) atoms. The Bertz CT molecular complexity index is 801. The van der Waals surface area contributed by atoms with E-state index >= 15 is 0 Å². The molecule has 0 fully saturated rings. The minimum atomic E-state index is -0.478. The van der Waals surface area contributed by atoms with Gasteiger partial charge in [-0.15, -0.1) is 0 Å². The fraction of sp³-hybridized carbons (Fsp3) is 0.417. The van der Waals surface area contributed by atoms with Crippen LogP contribution in [0, 0.1) is 5.41 Å². The van der Waals surface area contributed by atoms with Crippen molar-refractivity contribution in [1.29, 1.82) is 0 Å². The van der Waals surface area contributed by atoms with E-state index in [4.69, 9.17) is 0 Å². The van der Waals surface area contributed by atoms with E-state index in [2.05, 4.69) is 5.32 Å². The van der Waals surface area contributed by atoms with Crippen molar-refractivity contribution < 1.29 is 9.59 Å². The number of benzene rings is 2. The Morgan fingerprint density at radius 1 is 0.889 bits per heavy atom. The summed E-state index contributed by atoms with van der Waals surface area (Å²) in [5.41, 5.74) is 1.41. The van der Waals surface area contributed by atoms with E-state index in [1.807, 2.05) is 90.1 Å². The predicted molar refractivity (Wildman–Crippen MR) is 111 cm³/mol. The summed E-state index contributed by atoms with van der Waals surface area (Å²) in [6.07, 6.45) is 0.742. The van der Waals surface area contributed by atoms with Crippen molar-refractivity contribution in [2.45, 2.75) is 59.4 Å². The lowest BCUT2D eigenvalue weighted by atomic mass is 9.73. The number of nitrogens with one attached hydrogen (secondary N) is 1. The first-order chi connectivity index (χ1) is 12.6. The standard InChI is InChI=1S/C24H31NO2/c1-7-24(5,6)21(26)20(17-13-9-8-10-14-17)18-15-11-12-16-19(18)22(27)25-23(2,3)4/h8-16,20H,7H2,1-6H3,(H,25,27). The second-order valence-electron chi connectivity index (χ2n) is 8.74. The van der Waals surface area contributed by atoms with Gasteiger partial charge in [-0.25, -0.2) is 0 Å². The highest BCUT2D eigenvalue weighted by atomic mass is 16.2. The summed E-state index contributed by atoms with van der Waals surface area (Å²) in [6, 6.07) is 17.2. The maximum Gasteiger partial charge on any atom is 0.251 e. The number of rotatable bonds is 6. The number of ketones is 1. The summed E-state index contributed by atoms with van der Waals surface area (Å²) in [7, 11) is 0. The quantitative estimate of drug-likeness (QED) is 0.750. The molecule has 0 aliphatic rings. The molecule has 1 unspecified atom stereocenters. The minimum Gasteiger partial charge on any atom is -0.347 e. The van der Waals surface area contributed by atoms with Gasteiger partial charge in [-0.1, -0.05) is 69.3 Å². The molecular weight excluding hydrogens is 334 g/mol. The van der Waals surface area contributed by atoms with E-state index in [-0.39, 0.29) is 17.2 Å². The molecule has 3 heteroatoms. The Morgan fingerprint density at radius 3 is 2.00 bits per heavy atom. The maximum atomic E-state index is 13.5. The number of carbonyl (C=O) groups excluding carboxylic acids is 2. The molecule has 0 aliphatic carbocycles. The van der Waals surface area contributed by atoms with E-state index < -0.39 is 11.3 Å². The zero-order valence-electron chi connectivity index (χ0n) is 17.3. The number of Topliss-reactive ketones (excluding diaryl/α,β-unsaturated/α-hetero) is 1. The molecule has 1 N–H and O–H groups in total. The number of hydrogen-bond acceptors (Lipinski definition) is 2. The normalized spacial score (nSPS) is 13.1. The molecule has 0 radical (unpaired) electrons. The molecule has 0 aromatic heterocycles. The van der Waals surface area contributed by atoms with Crippen LogP contribution in [-0.4, -0.2) is 17.2 Å². The van der Waals surface area contributed by atoms with Gasteiger partial charge in [-0.2, -0.15) is 0 Å². The molecule has 1 atom stereocenters. The highest BCUT2D eigenvalue weighted by molar-refractivity contribution is 6.00. The van der Waals surface area contributed by atoms with Gasteiger partial charge in [0.15, 0.2) is 0 Å². The van der Waals surface area contributed by atoms with Crippen molar-refractivity contribution in [2.24, 2.45) is 5.41 Å². The lowest BCUT2D eigenvalue weighted by Crippen LogP contribution is -2.41. The third-order valence-corrected chi connectivity index (χ3v) is 4.95. The van der Waals surface area contributed by atoms with Gasteiger partial charge in [0.2, 0.25) is 0 Å². The van der Waals surface area contributed by atoms with Crippen LogP contribution < -0.4 is 5.32 Å². The molecular formula is C24H31NO2. The van der Waals surface area contributed by atoms with E-state index in [9.17, 15) is 9.59 Å². The SMILES string of the molecule is CCC(C)(C)C(=O)C(c1ccccc1)c1ccccc1C(=O)NC(C)(C)C. The Balaban J connectivity index is 2.61. The van der Waals surface area contributed by atoms with Crippen molar-refractivity contribution in [2.75, 3.05) is 0 Å². The second kappa shape index (κ2) is 8.08. The van der Waals surface area contributed by atoms with Crippen LogP contribution in [0.1, 0.15) is 75.4 Å². The van der Waals surface area contributed by atoms with Gasteiger partial charge in [-0.05, 0) is 44.4 Å². The third kappa shape index (κ3) is 5.06. The number of hydrogen-bond donors (Lipinski definition) is 1. The van der Waals surface area contributed by atoms with Gasteiger partial charge in [0, 0.05) is 16.5 Å². The smallest absolute Gasteiger partial charge is 0.251 e. The summed E-state index contributed by atoms with van der Waals surface area (Å²) in [6.45, 7) is 11.8. The Kier molecular flexibility index (Phi) is 6.25. The topological polar surface area (TPSA) is 46.2 Å². The van der Waals surface area contributed by atoms with Gasteiger partial charge < -0.3 is 5.32 Å². The molecule has 1 amide bonds. The highest BCUT2D eigenvalue weighted by Crippen LogP contribution is 2.36. The monoisotopic (exact) mass is 365 g/mol. The average molecular weight is 366 g/mol. The molecule has 0 saturated heterocycles. The zero-order valence-corrected chi connectivity index (χ0v) is 17.3. The van der Waals surface area contributed by atoms with E-state index in [0.29, 0.717) is 5.56 Å². The van der Waals surface area contributed by atoms with Gasteiger partial charge in [0.1, 0.15) is 5.78 Å². The summed E-state index contributed by atoms with van der Waals surface area (Å²) >= 11 is 0. The lowest BCUT2D eigenvalue weighted by molar-refractivity contribution is -0.127. The van der Waals surface area contributed by atoms with Crippen LogP contribution in [0.5, 0.6) is 0 Å². The molecule has 0 spiro atoms. The van der Waals surface area contributed by atoms with E-state index in [1.54, 1.807) is 6.07 Å². The lowest BCUT2D eigenvalue weighted by Gasteiger charge is -2.29. The van der Waals surface area contributed by atoms with Crippen LogP contribution in [0.2, 0.25) is 0 Å². The first-order valence-electron chi connectivity index (χ1n) is 9.57. The van der Waals surface area contributed by atoms with Crippen LogP contribution in [0.3, 0.4) is 0 Å². The number of amides is 1. The van der Waals surface area contributed by atoms with Crippen molar-refractivity contribution in [3.8, 4) is 0 Å². The maximum absolute atomic E-state index is 13.5. The fourth-order valence-corrected chi connectivity index (χ4v) is 3.05. The highest BCUT2D eigenvalue weighted by Gasteiger charge is 2.36. The second-order valence-corrected chi connectivity index (χ2v) is 8.74. The van der Waals surface area contributed by atoms with Crippen LogP contribution in [0.4, 0.5) is 0 Å². The number of carbonyl (C=O) groups is 2. The van der Waals surface area contributed by atoms with Crippen LogP contribution in [0.25, 0.3) is 0 Å². The average Bonchev–Trinajstić information content (AvgIpc) is 2.61. The van der Waals surface area contributed by atoms with Gasteiger partial charge in [0.25, 0.3) is 5.91 Å². The zero-order chi connectivity index (χ0) is 20.2. The molecule has 2 rings (SSSR count). The summed E-state index contributed by atoms with van der Waals surface area (Å²) in [4.78, 5) is 26.5. The largest absolute Gasteiger partial charge is 0.347 e. The van der Waals surface area contributed by atoms with Gasteiger partial charge in [0.05, 0.1) is 5.92 Å².